The summed E-state index contributed by atoms with van der Waals surface area (Å²) in [5, 5.41) is 7.22. The van der Waals surface area contributed by atoms with Gasteiger partial charge in [0.05, 0.1) is 0 Å². The Hall–Kier alpha value is -5.34. The fourth-order valence-corrected chi connectivity index (χ4v) is 5.88. The number of benzene rings is 7. The van der Waals surface area contributed by atoms with Crippen molar-refractivity contribution in [2.45, 2.75) is 0 Å². The van der Waals surface area contributed by atoms with Crippen molar-refractivity contribution >= 4 is 60.5 Å². The van der Waals surface area contributed by atoms with Crippen LogP contribution < -0.4 is 4.90 Å². The van der Waals surface area contributed by atoms with E-state index in [1.165, 1.54) is 38.1 Å². The summed E-state index contributed by atoms with van der Waals surface area (Å²) in [5.41, 5.74) is 7.62. The van der Waals surface area contributed by atoms with Crippen molar-refractivity contribution in [1.29, 1.82) is 0 Å². The predicted octanol–water partition coefficient (Wildman–Crippen LogP) is 11.0. The van der Waals surface area contributed by atoms with Crippen molar-refractivity contribution < 1.29 is 4.42 Å². The predicted molar refractivity (Wildman–Crippen MR) is 169 cm³/mol. The highest BCUT2D eigenvalue weighted by molar-refractivity contribution is 6.19. The summed E-state index contributed by atoms with van der Waals surface area (Å²) in [7, 11) is 0. The molecule has 1 heterocycles. The minimum absolute atomic E-state index is 0.922. The van der Waals surface area contributed by atoms with E-state index in [0.717, 1.165) is 33.6 Å². The van der Waals surface area contributed by atoms with Gasteiger partial charge >= 0.3 is 0 Å². The number of fused-ring (bicyclic) bond motifs is 6. The van der Waals surface area contributed by atoms with Gasteiger partial charge in [0, 0.05) is 27.8 Å². The molecule has 0 fully saturated rings. The molecule has 0 N–H and O–H groups in total. The van der Waals surface area contributed by atoms with Crippen molar-refractivity contribution in [1.82, 2.24) is 0 Å². The van der Waals surface area contributed by atoms with Crippen LogP contribution in [0.4, 0.5) is 17.1 Å². The van der Waals surface area contributed by atoms with E-state index in [2.05, 4.69) is 144 Å². The zero-order valence-electron chi connectivity index (χ0n) is 21.8. The first kappa shape index (κ1) is 22.6. The second-order valence-corrected chi connectivity index (χ2v) is 10.2. The topological polar surface area (TPSA) is 16.4 Å². The molecule has 0 unspecified atom stereocenters. The summed E-state index contributed by atoms with van der Waals surface area (Å²) in [4.78, 5) is 2.32. The number of nitrogens with zero attached hydrogens (tertiary/aromatic N) is 1. The largest absolute Gasteiger partial charge is 0.456 e. The summed E-state index contributed by atoms with van der Waals surface area (Å²) in [6, 6.07) is 53.9. The van der Waals surface area contributed by atoms with Gasteiger partial charge in [0.1, 0.15) is 11.2 Å². The van der Waals surface area contributed by atoms with E-state index < -0.39 is 0 Å². The van der Waals surface area contributed by atoms with Crippen molar-refractivity contribution in [3.05, 3.63) is 152 Å². The summed E-state index contributed by atoms with van der Waals surface area (Å²) >= 11 is 0. The van der Waals surface area contributed by atoms with Crippen molar-refractivity contribution in [2.75, 3.05) is 4.90 Å². The molecule has 2 nitrogen and oxygen atoms in total. The van der Waals surface area contributed by atoms with Gasteiger partial charge in [0.15, 0.2) is 0 Å². The first-order valence-electron chi connectivity index (χ1n) is 13.6. The summed E-state index contributed by atoms with van der Waals surface area (Å²) < 4.78 is 6.14. The molecule has 40 heavy (non-hydrogen) atoms. The van der Waals surface area contributed by atoms with E-state index in [1.54, 1.807) is 0 Å². The van der Waals surface area contributed by atoms with Crippen LogP contribution in [0.5, 0.6) is 0 Å². The van der Waals surface area contributed by atoms with E-state index in [-0.39, 0.29) is 0 Å². The Morgan fingerprint density at radius 3 is 1.93 bits per heavy atom. The maximum atomic E-state index is 6.14. The molecule has 0 radical (unpaired) electrons. The molecule has 0 aliphatic heterocycles. The van der Waals surface area contributed by atoms with Crippen LogP contribution in [0.25, 0.3) is 54.6 Å². The smallest absolute Gasteiger partial charge is 0.136 e. The molecular formula is C38H25NO. The summed E-state index contributed by atoms with van der Waals surface area (Å²) in [5.74, 6) is 0. The molecular weight excluding hydrogens is 486 g/mol. The number of furan rings is 1. The third-order valence-corrected chi connectivity index (χ3v) is 7.82. The van der Waals surface area contributed by atoms with Crippen molar-refractivity contribution in [3.63, 3.8) is 0 Å². The standard InChI is InChI=1S/C38H25NO/c1-2-10-31(11-3-1)39(32-19-16-27(17-20-32)29-15-14-26-8-4-5-9-28(26)24-29)33-21-22-34-30(25-33)18-23-37-38(34)35-12-6-7-13-36(35)40-37/h1-25H. The lowest BCUT2D eigenvalue weighted by Gasteiger charge is -2.26. The van der Waals surface area contributed by atoms with Crippen molar-refractivity contribution in [2.24, 2.45) is 0 Å². The molecule has 1 aromatic heterocycles. The summed E-state index contributed by atoms with van der Waals surface area (Å²) in [6.07, 6.45) is 0. The second kappa shape index (κ2) is 9.14. The van der Waals surface area contributed by atoms with Crippen LogP contribution in [0.2, 0.25) is 0 Å². The van der Waals surface area contributed by atoms with Gasteiger partial charge in [0.25, 0.3) is 0 Å². The first-order chi connectivity index (χ1) is 19.8. The zero-order chi connectivity index (χ0) is 26.5. The molecule has 7 aromatic carbocycles. The highest BCUT2D eigenvalue weighted by Crippen LogP contribution is 2.40. The second-order valence-electron chi connectivity index (χ2n) is 10.2. The van der Waals surface area contributed by atoms with E-state index in [1.807, 2.05) is 12.1 Å². The van der Waals surface area contributed by atoms with Gasteiger partial charge in [-0.05, 0) is 87.3 Å². The zero-order valence-corrected chi connectivity index (χ0v) is 21.8. The molecule has 8 rings (SSSR count). The lowest BCUT2D eigenvalue weighted by Crippen LogP contribution is -2.09. The minimum atomic E-state index is 0.922. The molecule has 0 spiro atoms. The van der Waals surface area contributed by atoms with Crippen LogP contribution in [0.1, 0.15) is 0 Å². The highest BCUT2D eigenvalue weighted by Gasteiger charge is 2.15. The van der Waals surface area contributed by atoms with Gasteiger partial charge in [-0.1, -0.05) is 97.1 Å². The Morgan fingerprint density at radius 1 is 0.375 bits per heavy atom. The van der Waals surface area contributed by atoms with Gasteiger partial charge < -0.3 is 9.32 Å². The Balaban J connectivity index is 1.24. The van der Waals surface area contributed by atoms with Crippen LogP contribution in [-0.4, -0.2) is 0 Å². The van der Waals surface area contributed by atoms with Gasteiger partial charge in [-0.2, -0.15) is 0 Å². The monoisotopic (exact) mass is 511 g/mol. The number of hydrogen-bond donors (Lipinski definition) is 0. The van der Waals surface area contributed by atoms with Crippen LogP contribution in [-0.2, 0) is 0 Å². The molecule has 0 atom stereocenters. The minimum Gasteiger partial charge on any atom is -0.456 e. The normalized spacial score (nSPS) is 11.5. The molecule has 0 amide bonds. The SMILES string of the molecule is c1ccc(N(c2ccc(-c3ccc4ccccc4c3)cc2)c2ccc3c(ccc4oc5ccccc5c43)c2)cc1. The van der Waals surface area contributed by atoms with Gasteiger partial charge in [-0.15, -0.1) is 0 Å². The summed E-state index contributed by atoms with van der Waals surface area (Å²) in [6.45, 7) is 0. The lowest BCUT2D eigenvalue weighted by atomic mass is 10.0. The van der Waals surface area contributed by atoms with Crippen molar-refractivity contribution in [3.8, 4) is 11.1 Å². The van der Waals surface area contributed by atoms with Gasteiger partial charge in [-0.25, -0.2) is 0 Å². The Kier molecular flexibility index (Phi) is 5.17. The number of para-hydroxylation sites is 2. The van der Waals surface area contributed by atoms with Gasteiger partial charge in [0.2, 0.25) is 0 Å². The lowest BCUT2D eigenvalue weighted by molar-refractivity contribution is 0.669. The van der Waals surface area contributed by atoms with Gasteiger partial charge in [-0.3, -0.25) is 0 Å². The molecule has 2 heteroatoms. The van der Waals surface area contributed by atoms with Crippen LogP contribution in [0.15, 0.2) is 156 Å². The molecule has 0 bridgehead atoms. The maximum Gasteiger partial charge on any atom is 0.136 e. The Morgan fingerprint density at radius 2 is 1.05 bits per heavy atom. The Labute approximate surface area is 232 Å². The van der Waals surface area contributed by atoms with E-state index in [4.69, 9.17) is 4.42 Å². The maximum absolute atomic E-state index is 6.14. The number of rotatable bonds is 4. The van der Waals surface area contributed by atoms with Crippen LogP contribution in [0.3, 0.4) is 0 Å². The van der Waals surface area contributed by atoms with Crippen LogP contribution in [0, 0.1) is 0 Å². The molecule has 8 aromatic rings. The third-order valence-electron chi connectivity index (χ3n) is 7.82. The average molecular weight is 512 g/mol. The highest BCUT2D eigenvalue weighted by atomic mass is 16.3. The average Bonchev–Trinajstić information content (AvgIpc) is 3.41. The molecule has 0 aliphatic carbocycles. The molecule has 0 saturated heterocycles. The molecule has 188 valence electrons. The van der Waals surface area contributed by atoms with E-state index in [0.29, 0.717) is 0 Å². The molecule has 0 aliphatic rings. The third kappa shape index (κ3) is 3.73. The molecule has 0 saturated carbocycles. The quantitative estimate of drug-likeness (QED) is 0.234. The Bertz CT molecular complexity index is 2160. The number of hydrogen-bond acceptors (Lipinski definition) is 2. The van der Waals surface area contributed by atoms with Crippen LogP contribution >= 0.6 is 0 Å². The fourth-order valence-electron chi connectivity index (χ4n) is 5.88. The van der Waals surface area contributed by atoms with E-state index >= 15 is 0 Å². The fraction of sp³-hybridized carbons (Fsp3) is 0. The number of anilines is 3. The first-order valence-corrected chi connectivity index (χ1v) is 13.6. The van der Waals surface area contributed by atoms with E-state index in [9.17, 15) is 0 Å².